The van der Waals surface area contributed by atoms with E-state index < -0.39 is 0 Å². The molecule has 2 aromatic heterocycles. The monoisotopic (exact) mass is 362 g/mol. The predicted octanol–water partition coefficient (Wildman–Crippen LogP) is 2.06. The molecule has 0 radical (unpaired) electrons. The first-order valence-corrected chi connectivity index (χ1v) is 9.33. The number of hydrogen-bond donors (Lipinski definition) is 1. The van der Waals surface area contributed by atoms with E-state index in [-0.39, 0.29) is 5.97 Å². The summed E-state index contributed by atoms with van der Waals surface area (Å²) in [7, 11) is 1.40. The van der Waals surface area contributed by atoms with Crippen molar-refractivity contribution in [2.75, 3.05) is 32.1 Å². The molecule has 4 heterocycles. The number of morpholine rings is 1. The molecule has 7 nitrogen and oxygen atoms in total. The number of carbonyl (C=O) groups excluding carboxylic acids is 1. The van der Waals surface area contributed by atoms with Gasteiger partial charge in [-0.1, -0.05) is 0 Å². The van der Waals surface area contributed by atoms with E-state index >= 15 is 0 Å². The normalized spacial score (nSPS) is 26.6. The Balaban J connectivity index is 1.60. The number of nitrogens with zero attached hydrogens (tertiary/aromatic N) is 3. The molecule has 0 saturated carbocycles. The van der Waals surface area contributed by atoms with Crippen molar-refractivity contribution in [2.24, 2.45) is 0 Å². The number of nitrogens with one attached hydrogen (secondary N) is 1. The summed E-state index contributed by atoms with van der Waals surface area (Å²) in [6.45, 7) is 6.80. The standard InChI is InChI=1S/C17H22N4O3S/c1-9-5-21-6-11(4-12(21)7-24-9)20-15-13-10(2)14(17(22)23-3)25-16(13)19-8-18-15/h8-9,11-12H,4-7H2,1-3H3,(H,18,19,20)/t9-,11-,12+/m1/s1. The Hall–Kier alpha value is -1.77. The van der Waals surface area contributed by atoms with Gasteiger partial charge < -0.3 is 14.8 Å². The van der Waals surface area contributed by atoms with E-state index in [1.54, 1.807) is 6.33 Å². The number of aryl methyl sites for hydroxylation is 1. The third-order valence-electron chi connectivity index (χ3n) is 5.03. The average molecular weight is 362 g/mol. The van der Waals surface area contributed by atoms with Crippen LogP contribution in [0.1, 0.15) is 28.6 Å². The maximum absolute atomic E-state index is 12.0. The summed E-state index contributed by atoms with van der Waals surface area (Å²) >= 11 is 1.35. The molecule has 0 bridgehead atoms. The minimum absolute atomic E-state index is 0.294. The van der Waals surface area contributed by atoms with E-state index in [1.165, 1.54) is 18.4 Å². The molecule has 0 unspecified atom stereocenters. The van der Waals surface area contributed by atoms with Crippen molar-refractivity contribution in [1.29, 1.82) is 0 Å². The highest BCUT2D eigenvalue weighted by Crippen LogP contribution is 2.35. The fourth-order valence-corrected chi connectivity index (χ4v) is 4.87. The van der Waals surface area contributed by atoms with Crippen LogP contribution in [0, 0.1) is 6.92 Å². The van der Waals surface area contributed by atoms with Crippen LogP contribution in [0.3, 0.4) is 0 Å². The van der Waals surface area contributed by atoms with Gasteiger partial charge in [-0.15, -0.1) is 11.3 Å². The largest absolute Gasteiger partial charge is 0.465 e. The van der Waals surface area contributed by atoms with Crippen molar-refractivity contribution in [3.63, 3.8) is 0 Å². The fraction of sp³-hybridized carbons (Fsp3) is 0.588. The summed E-state index contributed by atoms with van der Waals surface area (Å²) in [4.78, 5) is 24.6. The smallest absolute Gasteiger partial charge is 0.348 e. The number of ether oxygens (including phenoxy) is 2. The first-order valence-electron chi connectivity index (χ1n) is 8.51. The Morgan fingerprint density at radius 1 is 1.44 bits per heavy atom. The van der Waals surface area contributed by atoms with Gasteiger partial charge in [0.15, 0.2) is 0 Å². The molecule has 2 aliphatic rings. The second-order valence-electron chi connectivity index (χ2n) is 6.78. The Morgan fingerprint density at radius 2 is 2.28 bits per heavy atom. The molecule has 8 heteroatoms. The SMILES string of the molecule is COC(=O)c1sc2ncnc(N[C@@H]3C[C@H]4CO[C@H](C)CN4C3)c2c1C. The van der Waals surface area contributed by atoms with Gasteiger partial charge in [0.05, 0.1) is 25.2 Å². The second kappa shape index (κ2) is 6.51. The first-order chi connectivity index (χ1) is 12.1. The van der Waals surface area contributed by atoms with Gasteiger partial charge in [0.25, 0.3) is 0 Å². The molecule has 2 fully saturated rings. The van der Waals surface area contributed by atoms with Crippen molar-refractivity contribution in [1.82, 2.24) is 14.9 Å². The van der Waals surface area contributed by atoms with Gasteiger partial charge in [-0.05, 0) is 25.8 Å². The lowest BCUT2D eigenvalue weighted by Crippen LogP contribution is -2.45. The Labute approximate surface area is 150 Å². The molecule has 2 aliphatic heterocycles. The lowest BCUT2D eigenvalue weighted by molar-refractivity contribution is -0.0390. The van der Waals surface area contributed by atoms with Gasteiger partial charge in [0.2, 0.25) is 0 Å². The quantitative estimate of drug-likeness (QED) is 0.838. The van der Waals surface area contributed by atoms with Crippen LogP contribution in [0.5, 0.6) is 0 Å². The van der Waals surface area contributed by atoms with Crippen molar-refractivity contribution in [3.8, 4) is 0 Å². The maximum atomic E-state index is 12.0. The average Bonchev–Trinajstić information content (AvgIpc) is 3.15. The summed E-state index contributed by atoms with van der Waals surface area (Å²) < 4.78 is 10.7. The number of thiophene rings is 1. The molecule has 3 atom stereocenters. The lowest BCUT2D eigenvalue weighted by atomic mass is 10.1. The van der Waals surface area contributed by atoms with E-state index in [2.05, 4.69) is 27.1 Å². The third kappa shape index (κ3) is 2.98. The number of methoxy groups -OCH3 is 1. The molecule has 0 spiro atoms. The van der Waals surface area contributed by atoms with Gasteiger partial charge in [0.1, 0.15) is 21.9 Å². The Bertz CT molecular complexity index is 809. The van der Waals surface area contributed by atoms with Crippen LogP contribution < -0.4 is 5.32 Å². The number of hydrogen-bond acceptors (Lipinski definition) is 8. The highest BCUT2D eigenvalue weighted by atomic mass is 32.1. The Morgan fingerprint density at radius 3 is 3.08 bits per heavy atom. The van der Waals surface area contributed by atoms with Crippen molar-refractivity contribution in [2.45, 2.75) is 38.5 Å². The number of anilines is 1. The van der Waals surface area contributed by atoms with Crippen LogP contribution in [0.25, 0.3) is 10.2 Å². The van der Waals surface area contributed by atoms with E-state index in [9.17, 15) is 4.79 Å². The number of fused-ring (bicyclic) bond motifs is 2. The van der Waals surface area contributed by atoms with Crippen molar-refractivity contribution < 1.29 is 14.3 Å². The van der Waals surface area contributed by atoms with Crippen LogP contribution in [-0.2, 0) is 9.47 Å². The summed E-state index contributed by atoms with van der Waals surface area (Å²) in [5.41, 5.74) is 0.877. The summed E-state index contributed by atoms with van der Waals surface area (Å²) in [6, 6.07) is 0.790. The van der Waals surface area contributed by atoms with Gasteiger partial charge in [-0.3, -0.25) is 4.90 Å². The number of rotatable bonds is 3. The molecule has 25 heavy (non-hydrogen) atoms. The molecule has 0 aromatic carbocycles. The lowest BCUT2D eigenvalue weighted by Gasteiger charge is -2.33. The molecular weight excluding hydrogens is 340 g/mol. The summed E-state index contributed by atoms with van der Waals surface area (Å²) in [5.74, 6) is 0.475. The molecule has 134 valence electrons. The summed E-state index contributed by atoms with van der Waals surface area (Å²) in [6.07, 6.45) is 2.88. The zero-order valence-electron chi connectivity index (χ0n) is 14.6. The molecule has 2 aromatic rings. The fourth-order valence-electron chi connectivity index (χ4n) is 3.81. The van der Waals surface area contributed by atoms with Crippen LogP contribution in [0.15, 0.2) is 6.33 Å². The number of carbonyl (C=O) groups is 1. The first kappa shape index (κ1) is 16.7. The van der Waals surface area contributed by atoms with Gasteiger partial charge in [0, 0.05) is 25.2 Å². The third-order valence-corrected chi connectivity index (χ3v) is 6.21. The number of esters is 1. The second-order valence-corrected chi connectivity index (χ2v) is 7.78. The molecule has 1 N–H and O–H groups in total. The van der Waals surface area contributed by atoms with E-state index in [1.807, 2.05) is 6.92 Å². The molecular formula is C17H22N4O3S. The maximum Gasteiger partial charge on any atom is 0.348 e. The van der Waals surface area contributed by atoms with E-state index in [0.717, 1.165) is 47.7 Å². The van der Waals surface area contributed by atoms with Crippen molar-refractivity contribution in [3.05, 3.63) is 16.8 Å². The zero-order valence-corrected chi connectivity index (χ0v) is 15.4. The molecule has 0 aliphatic carbocycles. The van der Waals surface area contributed by atoms with E-state index in [4.69, 9.17) is 9.47 Å². The van der Waals surface area contributed by atoms with Gasteiger partial charge >= 0.3 is 5.97 Å². The highest BCUT2D eigenvalue weighted by molar-refractivity contribution is 7.20. The molecule has 0 amide bonds. The van der Waals surface area contributed by atoms with Crippen LogP contribution in [0.4, 0.5) is 5.82 Å². The van der Waals surface area contributed by atoms with Crippen LogP contribution in [-0.4, -0.2) is 65.8 Å². The van der Waals surface area contributed by atoms with Crippen molar-refractivity contribution >= 4 is 33.3 Å². The van der Waals surface area contributed by atoms with Crippen LogP contribution >= 0.6 is 11.3 Å². The van der Waals surface area contributed by atoms with E-state index in [0.29, 0.717) is 23.1 Å². The predicted molar refractivity (Wildman–Crippen MR) is 96.3 cm³/mol. The molecule has 2 saturated heterocycles. The van der Waals surface area contributed by atoms with Crippen LogP contribution in [0.2, 0.25) is 0 Å². The Kier molecular flexibility index (Phi) is 4.35. The number of aromatic nitrogens is 2. The highest BCUT2D eigenvalue weighted by Gasteiger charge is 2.36. The minimum atomic E-state index is -0.324. The topological polar surface area (TPSA) is 76.6 Å². The van der Waals surface area contributed by atoms with Gasteiger partial charge in [-0.2, -0.15) is 0 Å². The molecule has 4 rings (SSSR count). The minimum Gasteiger partial charge on any atom is -0.465 e. The summed E-state index contributed by atoms with van der Waals surface area (Å²) in [5, 5.41) is 4.49. The zero-order chi connectivity index (χ0) is 17.6. The van der Waals surface area contributed by atoms with Gasteiger partial charge in [-0.25, -0.2) is 14.8 Å².